The third kappa shape index (κ3) is 4.27. The lowest BCUT2D eigenvalue weighted by Crippen LogP contribution is -2.30. The van der Waals surface area contributed by atoms with Crippen molar-refractivity contribution in [1.82, 2.24) is 4.98 Å². The maximum Gasteiger partial charge on any atom is 0.265 e. The summed E-state index contributed by atoms with van der Waals surface area (Å²) in [4.78, 5) is 17.1. The van der Waals surface area contributed by atoms with Crippen LogP contribution in [-0.2, 0) is 4.79 Å². The Kier molecular flexibility index (Phi) is 5.66. The van der Waals surface area contributed by atoms with Crippen LogP contribution in [0.1, 0.15) is 12.5 Å². The van der Waals surface area contributed by atoms with E-state index in [9.17, 15) is 4.79 Å². The number of aromatic nitrogens is 1. The van der Waals surface area contributed by atoms with E-state index >= 15 is 0 Å². The molecule has 0 spiro atoms. The number of carbonyl (C=O) groups is 1. The van der Waals surface area contributed by atoms with Gasteiger partial charge in [0.25, 0.3) is 5.91 Å². The van der Waals surface area contributed by atoms with E-state index in [0.29, 0.717) is 38.5 Å². The van der Waals surface area contributed by atoms with Crippen molar-refractivity contribution in [2.45, 2.75) is 20.0 Å². The van der Waals surface area contributed by atoms with Crippen molar-refractivity contribution in [2.75, 3.05) is 5.32 Å². The molecule has 0 aliphatic rings. The Labute approximate surface area is 183 Å². The summed E-state index contributed by atoms with van der Waals surface area (Å²) in [6.45, 7) is 3.65. The maximum absolute atomic E-state index is 12.6. The molecule has 5 nitrogen and oxygen atoms in total. The number of anilines is 1. The Hall–Kier alpha value is -3.02. The second-order valence-electron chi connectivity index (χ2n) is 6.84. The number of benzene rings is 3. The van der Waals surface area contributed by atoms with E-state index in [2.05, 4.69) is 10.3 Å². The molecule has 0 aliphatic heterocycles. The molecule has 7 heteroatoms. The number of fused-ring (bicyclic) bond motifs is 1. The van der Waals surface area contributed by atoms with E-state index < -0.39 is 6.10 Å². The molecule has 1 amide bonds. The zero-order chi connectivity index (χ0) is 21.3. The molecule has 152 valence electrons. The minimum Gasteiger partial charge on any atom is -0.479 e. The zero-order valence-electron chi connectivity index (χ0n) is 16.3. The SMILES string of the molecule is Cc1ccccc1-c1nc2ccc(NC(=O)C(C)Oc3ccc(Cl)cc3Cl)cc2o1. The minimum atomic E-state index is -0.767. The number of halogens is 2. The monoisotopic (exact) mass is 440 g/mol. The molecule has 30 heavy (non-hydrogen) atoms. The summed E-state index contributed by atoms with van der Waals surface area (Å²) < 4.78 is 11.6. The quantitative estimate of drug-likeness (QED) is 0.383. The molecule has 1 unspecified atom stereocenters. The fourth-order valence-electron chi connectivity index (χ4n) is 2.99. The van der Waals surface area contributed by atoms with Crippen LogP contribution in [-0.4, -0.2) is 17.0 Å². The van der Waals surface area contributed by atoms with E-state index in [1.807, 2.05) is 31.2 Å². The Morgan fingerprint density at radius 2 is 1.90 bits per heavy atom. The van der Waals surface area contributed by atoms with Crippen molar-refractivity contribution in [3.63, 3.8) is 0 Å². The molecule has 0 fully saturated rings. The Bertz CT molecular complexity index is 1240. The number of aryl methyl sites for hydroxylation is 1. The van der Waals surface area contributed by atoms with Crippen LogP contribution in [0.4, 0.5) is 5.69 Å². The second kappa shape index (κ2) is 8.38. The van der Waals surface area contributed by atoms with Gasteiger partial charge in [-0.15, -0.1) is 0 Å². The van der Waals surface area contributed by atoms with Gasteiger partial charge in [-0.25, -0.2) is 4.98 Å². The average Bonchev–Trinajstić information content (AvgIpc) is 3.13. The van der Waals surface area contributed by atoms with Crippen molar-refractivity contribution >= 4 is 45.9 Å². The summed E-state index contributed by atoms with van der Waals surface area (Å²) in [5.41, 5.74) is 3.88. The van der Waals surface area contributed by atoms with Crippen molar-refractivity contribution < 1.29 is 13.9 Å². The highest BCUT2D eigenvalue weighted by Gasteiger charge is 2.17. The van der Waals surface area contributed by atoms with Gasteiger partial charge in [-0.2, -0.15) is 0 Å². The lowest BCUT2D eigenvalue weighted by atomic mass is 10.1. The van der Waals surface area contributed by atoms with Gasteiger partial charge >= 0.3 is 0 Å². The third-order valence-corrected chi connectivity index (χ3v) is 5.13. The number of hydrogen-bond acceptors (Lipinski definition) is 4. The number of ether oxygens (including phenoxy) is 1. The molecule has 1 N–H and O–H groups in total. The number of nitrogens with zero attached hydrogens (tertiary/aromatic N) is 1. The molecule has 3 aromatic carbocycles. The topological polar surface area (TPSA) is 64.4 Å². The highest BCUT2D eigenvalue weighted by molar-refractivity contribution is 6.35. The number of amides is 1. The van der Waals surface area contributed by atoms with Crippen molar-refractivity contribution in [1.29, 1.82) is 0 Å². The highest BCUT2D eigenvalue weighted by atomic mass is 35.5. The smallest absolute Gasteiger partial charge is 0.265 e. The molecular formula is C23H18Cl2N2O3. The molecular weight excluding hydrogens is 423 g/mol. The van der Waals surface area contributed by atoms with Crippen molar-refractivity contribution in [3.8, 4) is 17.2 Å². The van der Waals surface area contributed by atoms with Gasteiger partial charge in [0.05, 0.1) is 5.02 Å². The van der Waals surface area contributed by atoms with Crippen LogP contribution in [0, 0.1) is 6.92 Å². The van der Waals surface area contributed by atoms with Gasteiger partial charge < -0.3 is 14.5 Å². The lowest BCUT2D eigenvalue weighted by Gasteiger charge is -2.15. The minimum absolute atomic E-state index is 0.320. The van der Waals surface area contributed by atoms with Crippen LogP contribution < -0.4 is 10.1 Å². The van der Waals surface area contributed by atoms with Gasteiger partial charge in [0.15, 0.2) is 11.7 Å². The van der Waals surface area contributed by atoms with E-state index in [1.54, 1.807) is 43.3 Å². The summed E-state index contributed by atoms with van der Waals surface area (Å²) in [5, 5.41) is 3.66. The maximum atomic E-state index is 12.6. The summed E-state index contributed by atoms with van der Waals surface area (Å²) in [6, 6.07) is 18.0. The van der Waals surface area contributed by atoms with Crippen LogP contribution >= 0.6 is 23.2 Å². The molecule has 4 aromatic rings. The number of carbonyl (C=O) groups excluding carboxylic acids is 1. The normalized spacial score (nSPS) is 12.0. The standard InChI is InChI=1S/C23H18Cl2N2O3/c1-13-5-3-4-6-17(13)23-27-19-9-8-16(12-21(19)30-23)26-22(28)14(2)29-20-10-7-15(24)11-18(20)25/h3-12,14H,1-2H3,(H,26,28). The van der Waals surface area contributed by atoms with Crippen LogP contribution in [0.5, 0.6) is 5.75 Å². The summed E-state index contributed by atoms with van der Waals surface area (Å²) >= 11 is 12.0. The lowest BCUT2D eigenvalue weighted by molar-refractivity contribution is -0.122. The number of nitrogens with one attached hydrogen (secondary N) is 1. The van der Waals surface area contributed by atoms with E-state index in [1.165, 1.54) is 0 Å². The Morgan fingerprint density at radius 3 is 2.67 bits per heavy atom. The second-order valence-corrected chi connectivity index (χ2v) is 7.68. The predicted molar refractivity (Wildman–Crippen MR) is 119 cm³/mol. The van der Waals surface area contributed by atoms with Gasteiger partial charge in [0, 0.05) is 22.3 Å². The first-order valence-electron chi connectivity index (χ1n) is 9.30. The first-order chi connectivity index (χ1) is 14.4. The highest BCUT2D eigenvalue weighted by Crippen LogP contribution is 2.30. The average molecular weight is 441 g/mol. The number of hydrogen-bond donors (Lipinski definition) is 1. The number of rotatable bonds is 5. The summed E-state index contributed by atoms with van der Waals surface area (Å²) in [7, 11) is 0. The first kappa shape index (κ1) is 20.3. The van der Waals surface area contributed by atoms with Crippen LogP contribution in [0.3, 0.4) is 0 Å². The molecule has 0 saturated carbocycles. The molecule has 0 bridgehead atoms. The van der Waals surface area contributed by atoms with Crippen LogP contribution in [0.2, 0.25) is 10.0 Å². The van der Waals surface area contributed by atoms with E-state index in [0.717, 1.165) is 11.1 Å². The van der Waals surface area contributed by atoms with E-state index in [4.69, 9.17) is 32.4 Å². The van der Waals surface area contributed by atoms with Gasteiger partial charge in [-0.1, -0.05) is 41.4 Å². The van der Waals surface area contributed by atoms with Crippen molar-refractivity contribution in [2.24, 2.45) is 0 Å². The Morgan fingerprint density at radius 1 is 1.10 bits per heavy atom. The van der Waals surface area contributed by atoms with Crippen LogP contribution in [0.25, 0.3) is 22.6 Å². The summed E-state index contributed by atoms with van der Waals surface area (Å²) in [6.07, 6.45) is -0.767. The third-order valence-electron chi connectivity index (χ3n) is 4.60. The molecule has 4 rings (SSSR count). The van der Waals surface area contributed by atoms with Gasteiger partial charge in [-0.05, 0) is 55.8 Å². The molecule has 1 atom stereocenters. The van der Waals surface area contributed by atoms with Gasteiger partial charge in [-0.3, -0.25) is 4.79 Å². The fraction of sp³-hybridized carbons (Fsp3) is 0.130. The van der Waals surface area contributed by atoms with Gasteiger partial charge in [0.2, 0.25) is 5.89 Å². The Balaban J connectivity index is 1.50. The van der Waals surface area contributed by atoms with E-state index in [-0.39, 0.29) is 5.91 Å². The van der Waals surface area contributed by atoms with Crippen molar-refractivity contribution in [3.05, 3.63) is 76.3 Å². The molecule has 0 radical (unpaired) electrons. The van der Waals surface area contributed by atoms with Crippen LogP contribution in [0.15, 0.2) is 65.1 Å². The zero-order valence-corrected chi connectivity index (χ0v) is 17.8. The summed E-state index contributed by atoms with van der Waals surface area (Å²) in [5.74, 6) is 0.608. The molecule has 1 heterocycles. The predicted octanol–water partition coefficient (Wildman–Crippen LogP) is 6.52. The largest absolute Gasteiger partial charge is 0.479 e. The molecule has 1 aromatic heterocycles. The molecule has 0 aliphatic carbocycles. The molecule has 0 saturated heterocycles. The number of oxazole rings is 1. The fourth-order valence-corrected chi connectivity index (χ4v) is 3.44. The first-order valence-corrected chi connectivity index (χ1v) is 10.1. The van der Waals surface area contributed by atoms with Gasteiger partial charge in [0.1, 0.15) is 11.3 Å².